The number of rotatable bonds is 6. The van der Waals surface area contributed by atoms with Crippen LogP contribution in [0.15, 0.2) is 53.6 Å². The first-order valence-electron chi connectivity index (χ1n) is 10.4. The fourth-order valence-corrected chi connectivity index (χ4v) is 6.42. The Bertz CT molecular complexity index is 1220. The van der Waals surface area contributed by atoms with Crippen molar-refractivity contribution in [3.05, 3.63) is 75.3 Å². The fraction of sp³-hybridized carbons (Fsp3) is 0.304. The SMILES string of the molecule is Cc1ccc(C(=O)Nc2ncc(Cc3ccc(Cl)cc3)s2)cc1S(=O)(=O)N1CCCCC1. The first-order chi connectivity index (χ1) is 15.3. The van der Waals surface area contributed by atoms with Crippen molar-refractivity contribution in [2.24, 2.45) is 0 Å². The van der Waals surface area contributed by atoms with E-state index in [1.54, 1.807) is 25.3 Å². The molecule has 6 nitrogen and oxygen atoms in total. The number of carbonyl (C=O) groups excluding carboxylic acids is 1. The van der Waals surface area contributed by atoms with Gasteiger partial charge in [-0.1, -0.05) is 36.2 Å². The highest BCUT2D eigenvalue weighted by atomic mass is 35.5. The standard InChI is InChI=1S/C23H24ClN3O3S2/c1-16-5-8-18(14-21(16)32(29,30)27-11-3-2-4-12-27)22(28)26-23-25-15-20(31-23)13-17-6-9-19(24)10-7-17/h5-10,14-15H,2-4,11-13H2,1H3,(H,25,26,28). The summed E-state index contributed by atoms with van der Waals surface area (Å²) in [5.74, 6) is -0.382. The van der Waals surface area contributed by atoms with Gasteiger partial charge in [-0.05, 0) is 55.2 Å². The van der Waals surface area contributed by atoms with E-state index in [0.717, 1.165) is 29.7 Å². The van der Waals surface area contributed by atoms with E-state index in [9.17, 15) is 13.2 Å². The highest BCUT2D eigenvalue weighted by molar-refractivity contribution is 7.89. The summed E-state index contributed by atoms with van der Waals surface area (Å²) < 4.78 is 27.7. The number of hydrogen-bond donors (Lipinski definition) is 1. The highest BCUT2D eigenvalue weighted by Gasteiger charge is 2.28. The van der Waals surface area contributed by atoms with Gasteiger partial charge in [-0.2, -0.15) is 4.31 Å². The van der Waals surface area contributed by atoms with Gasteiger partial charge in [-0.3, -0.25) is 10.1 Å². The van der Waals surface area contributed by atoms with Crippen molar-refractivity contribution in [3.63, 3.8) is 0 Å². The number of piperidine rings is 1. The van der Waals surface area contributed by atoms with E-state index in [4.69, 9.17) is 11.6 Å². The average Bonchev–Trinajstić information content (AvgIpc) is 3.22. The molecule has 1 aliphatic rings. The maximum absolute atomic E-state index is 13.1. The number of anilines is 1. The molecule has 1 aliphatic heterocycles. The van der Waals surface area contributed by atoms with Gasteiger partial charge < -0.3 is 0 Å². The van der Waals surface area contributed by atoms with Crippen LogP contribution in [0.2, 0.25) is 5.02 Å². The Hall–Kier alpha value is -2.26. The number of nitrogens with zero attached hydrogens (tertiary/aromatic N) is 2. The smallest absolute Gasteiger partial charge is 0.257 e. The summed E-state index contributed by atoms with van der Waals surface area (Å²) in [5, 5.41) is 3.95. The fourth-order valence-electron chi connectivity index (χ4n) is 3.68. The van der Waals surface area contributed by atoms with E-state index in [2.05, 4.69) is 10.3 Å². The van der Waals surface area contributed by atoms with E-state index in [0.29, 0.717) is 40.8 Å². The van der Waals surface area contributed by atoms with Crippen LogP contribution in [-0.4, -0.2) is 36.7 Å². The summed E-state index contributed by atoms with van der Waals surface area (Å²) in [6.45, 7) is 2.80. The minimum absolute atomic E-state index is 0.189. The lowest BCUT2D eigenvalue weighted by molar-refractivity contribution is 0.102. The topological polar surface area (TPSA) is 79.4 Å². The van der Waals surface area contributed by atoms with Gasteiger partial charge in [0.1, 0.15) is 0 Å². The van der Waals surface area contributed by atoms with Gasteiger partial charge in [0.2, 0.25) is 10.0 Å². The Morgan fingerprint density at radius 2 is 1.84 bits per heavy atom. The Kier molecular flexibility index (Phi) is 6.95. The molecule has 2 heterocycles. The summed E-state index contributed by atoms with van der Waals surface area (Å²) in [4.78, 5) is 18.3. The van der Waals surface area contributed by atoms with Crippen LogP contribution in [0.3, 0.4) is 0 Å². The number of aryl methyl sites for hydroxylation is 1. The van der Waals surface area contributed by atoms with Crippen LogP contribution in [-0.2, 0) is 16.4 Å². The van der Waals surface area contributed by atoms with Crippen LogP contribution >= 0.6 is 22.9 Å². The maximum atomic E-state index is 13.1. The van der Waals surface area contributed by atoms with Crippen molar-refractivity contribution in [1.29, 1.82) is 0 Å². The van der Waals surface area contributed by atoms with Gasteiger partial charge in [-0.15, -0.1) is 11.3 Å². The Morgan fingerprint density at radius 1 is 1.12 bits per heavy atom. The molecule has 4 rings (SSSR count). The summed E-state index contributed by atoms with van der Waals surface area (Å²) in [6.07, 6.45) is 5.19. The quantitative estimate of drug-likeness (QED) is 0.521. The molecule has 32 heavy (non-hydrogen) atoms. The molecule has 1 N–H and O–H groups in total. The summed E-state index contributed by atoms with van der Waals surface area (Å²) in [7, 11) is -3.62. The van der Waals surface area contributed by atoms with Crippen LogP contribution in [0.5, 0.6) is 0 Å². The number of nitrogens with one attached hydrogen (secondary N) is 1. The molecule has 3 aromatic rings. The molecular weight excluding hydrogens is 466 g/mol. The molecule has 1 aromatic heterocycles. The van der Waals surface area contributed by atoms with Crippen molar-refractivity contribution in [2.75, 3.05) is 18.4 Å². The maximum Gasteiger partial charge on any atom is 0.257 e. The van der Waals surface area contributed by atoms with Gasteiger partial charge in [0, 0.05) is 41.2 Å². The van der Waals surface area contributed by atoms with Crippen LogP contribution in [0, 0.1) is 6.92 Å². The number of hydrogen-bond acceptors (Lipinski definition) is 5. The second kappa shape index (κ2) is 9.70. The zero-order valence-electron chi connectivity index (χ0n) is 17.7. The van der Waals surface area contributed by atoms with Gasteiger partial charge in [0.15, 0.2) is 5.13 Å². The molecule has 9 heteroatoms. The predicted octanol–water partition coefficient (Wildman–Crippen LogP) is 5.12. The first-order valence-corrected chi connectivity index (χ1v) is 13.1. The summed E-state index contributed by atoms with van der Waals surface area (Å²) >= 11 is 7.32. The van der Waals surface area contributed by atoms with Crippen molar-refractivity contribution in [3.8, 4) is 0 Å². The average molecular weight is 490 g/mol. The molecule has 168 valence electrons. The van der Waals surface area contributed by atoms with Crippen molar-refractivity contribution >= 4 is 44.0 Å². The Labute approximate surface area is 197 Å². The van der Waals surface area contributed by atoms with E-state index in [-0.39, 0.29) is 10.8 Å². The largest absolute Gasteiger partial charge is 0.298 e. The zero-order valence-corrected chi connectivity index (χ0v) is 20.1. The molecule has 0 unspecified atom stereocenters. The lowest BCUT2D eigenvalue weighted by Gasteiger charge is -2.26. The van der Waals surface area contributed by atoms with Gasteiger partial charge in [0.05, 0.1) is 4.90 Å². The number of halogens is 1. The number of carbonyl (C=O) groups is 1. The summed E-state index contributed by atoms with van der Waals surface area (Å²) in [5.41, 5.74) is 2.02. The molecule has 1 amide bonds. The lowest BCUT2D eigenvalue weighted by atomic mass is 10.1. The number of benzene rings is 2. The number of amides is 1. The molecule has 1 fully saturated rings. The second-order valence-corrected chi connectivity index (χ2v) is 11.3. The predicted molar refractivity (Wildman–Crippen MR) is 128 cm³/mol. The van der Waals surface area contributed by atoms with E-state index < -0.39 is 10.0 Å². The monoisotopic (exact) mass is 489 g/mol. The Balaban J connectivity index is 1.49. The van der Waals surface area contributed by atoms with Crippen LogP contribution in [0.25, 0.3) is 0 Å². The lowest BCUT2D eigenvalue weighted by Crippen LogP contribution is -2.36. The molecule has 0 radical (unpaired) electrons. The molecule has 1 saturated heterocycles. The Morgan fingerprint density at radius 3 is 2.56 bits per heavy atom. The van der Waals surface area contributed by atoms with Crippen LogP contribution in [0.1, 0.15) is 45.6 Å². The molecule has 0 saturated carbocycles. The van der Waals surface area contributed by atoms with Crippen molar-refractivity contribution < 1.29 is 13.2 Å². The van der Waals surface area contributed by atoms with Gasteiger partial charge in [0.25, 0.3) is 5.91 Å². The normalized spacial score (nSPS) is 14.9. The molecule has 0 atom stereocenters. The van der Waals surface area contributed by atoms with Crippen LogP contribution in [0.4, 0.5) is 5.13 Å². The third kappa shape index (κ3) is 5.20. The number of sulfonamides is 1. The number of thiazole rings is 1. The van der Waals surface area contributed by atoms with E-state index in [1.165, 1.54) is 21.7 Å². The molecule has 0 bridgehead atoms. The van der Waals surface area contributed by atoms with Crippen molar-refractivity contribution in [1.82, 2.24) is 9.29 Å². The third-order valence-electron chi connectivity index (χ3n) is 5.45. The zero-order chi connectivity index (χ0) is 22.7. The molecule has 0 spiro atoms. The second-order valence-electron chi connectivity index (χ2n) is 7.83. The minimum Gasteiger partial charge on any atom is -0.298 e. The van der Waals surface area contributed by atoms with Crippen molar-refractivity contribution in [2.45, 2.75) is 37.5 Å². The number of aromatic nitrogens is 1. The molecular formula is C23H24ClN3O3S2. The minimum atomic E-state index is -3.62. The first kappa shape index (κ1) is 22.9. The molecule has 2 aromatic carbocycles. The summed E-state index contributed by atoms with van der Waals surface area (Å²) in [6, 6.07) is 12.4. The van der Waals surface area contributed by atoms with E-state index in [1.807, 2.05) is 24.3 Å². The third-order valence-corrected chi connectivity index (χ3v) is 8.65. The van der Waals surface area contributed by atoms with Gasteiger partial charge >= 0.3 is 0 Å². The van der Waals surface area contributed by atoms with Crippen LogP contribution < -0.4 is 5.32 Å². The van der Waals surface area contributed by atoms with E-state index >= 15 is 0 Å². The highest BCUT2D eigenvalue weighted by Crippen LogP contribution is 2.26. The molecule has 0 aliphatic carbocycles. The van der Waals surface area contributed by atoms with Gasteiger partial charge in [-0.25, -0.2) is 13.4 Å².